The van der Waals surface area contributed by atoms with Gasteiger partial charge in [0.05, 0.1) is 0 Å². The summed E-state index contributed by atoms with van der Waals surface area (Å²) in [6, 6.07) is 17.2. The molecule has 0 unspecified atom stereocenters. The van der Waals surface area contributed by atoms with E-state index >= 15 is 0 Å². The van der Waals surface area contributed by atoms with Gasteiger partial charge in [0.25, 0.3) is 0 Å². The van der Waals surface area contributed by atoms with Crippen molar-refractivity contribution in [2.75, 3.05) is 7.11 Å². The first-order chi connectivity index (χ1) is 7.78. The zero-order valence-corrected chi connectivity index (χ0v) is 11.6. The zero-order chi connectivity index (χ0) is 11.4. The van der Waals surface area contributed by atoms with Gasteiger partial charge in [0.2, 0.25) is 0 Å². The number of benzene rings is 2. The van der Waals surface area contributed by atoms with E-state index in [9.17, 15) is 0 Å². The molecule has 0 aromatic heterocycles. The van der Waals surface area contributed by atoms with Crippen LogP contribution in [0.2, 0.25) is 0 Å². The normalized spacial score (nSPS) is 10.4. The molecule has 2 aromatic carbocycles. The van der Waals surface area contributed by atoms with Crippen molar-refractivity contribution in [1.82, 2.24) is 0 Å². The third-order valence-electron chi connectivity index (χ3n) is 2.28. The second kappa shape index (κ2) is 5.34. The first-order valence-corrected chi connectivity index (χ1v) is 7.29. The van der Waals surface area contributed by atoms with Crippen LogP contribution < -0.4 is 25.9 Å². The molecule has 0 fully saturated rings. The summed E-state index contributed by atoms with van der Waals surface area (Å²) in [5.41, 5.74) is 1.32. The second-order valence-corrected chi connectivity index (χ2v) is 6.58. The summed E-state index contributed by atoms with van der Waals surface area (Å²) in [6.45, 7) is 2.12. The van der Waals surface area contributed by atoms with Gasteiger partial charge < -0.3 is 0 Å². The molecule has 0 saturated heterocycles. The first kappa shape index (κ1) is 11.5. The van der Waals surface area contributed by atoms with Gasteiger partial charge in [-0.25, -0.2) is 0 Å². The van der Waals surface area contributed by atoms with Gasteiger partial charge in [-0.15, -0.1) is 0 Å². The van der Waals surface area contributed by atoms with E-state index in [1.54, 1.807) is 7.11 Å². The molecule has 84 valence electrons. The Morgan fingerprint density at radius 1 is 0.812 bits per heavy atom. The monoisotopic (exact) mass is 325 g/mol. The Balaban J connectivity index is 2.11. The molecule has 0 spiro atoms. The fraction of sp³-hybridized carbons (Fsp3) is 0.143. The predicted octanol–water partition coefficient (Wildman–Crippen LogP) is 0.132. The summed E-state index contributed by atoms with van der Waals surface area (Å²) in [5.74, 6) is 0.927. The molecular weight excluding hydrogens is 311 g/mol. The van der Waals surface area contributed by atoms with Crippen LogP contribution in [0, 0.1) is 14.1 Å². The maximum atomic E-state index is 5.15. The molecule has 16 heavy (non-hydrogen) atoms. The molecule has 0 N–H and O–H groups in total. The van der Waals surface area contributed by atoms with E-state index in [4.69, 9.17) is 4.74 Å². The number of methoxy groups -OCH3 is 1. The minimum atomic E-state index is -0.0577. The van der Waals surface area contributed by atoms with Crippen LogP contribution in [-0.4, -0.2) is 7.11 Å². The van der Waals surface area contributed by atoms with Crippen LogP contribution in [-0.2, 0) is 0 Å². The van der Waals surface area contributed by atoms with Gasteiger partial charge in [-0.05, 0) is 0 Å². The van der Waals surface area contributed by atoms with E-state index in [0.717, 1.165) is 5.75 Å². The van der Waals surface area contributed by atoms with Crippen LogP contribution in [0.4, 0.5) is 0 Å². The first-order valence-electron chi connectivity index (χ1n) is 5.13. The van der Waals surface area contributed by atoms with E-state index < -0.39 is 0 Å². The zero-order valence-electron chi connectivity index (χ0n) is 9.41. The minimum absolute atomic E-state index is 0.0577. The molecule has 0 aliphatic carbocycles. The van der Waals surface area contributed by atoms with Crippen molar-refractivity contribution in [2.24, 2.45) is 0 Å². The Morgan fingerprint density at radius 2 is 1.31 bits per heavy atom. The molecule has 0 heterocycles. The van der Waals surface area contributed by atoms with Gasteiger partial charge in [0, 0.05) is 0 Å². The summed E-state index contributed by atoms with van der Waals surface area (Å²) in [7, 11) is 1.70. The molecule has 0 aliphatic heterocycles. The molecule has 2 rings (SSSR count). The Bertz CT molecular complexity index is 445. The van der Waals surface area contributed by atoms with Gasteiger partial charge in [0.15, 0.2) is 0 Å². The van der Waals surface area contributed by atoms with Crippen LogP contribution in [0.15, 0.2) is 48.5 Å². The standard InChI is InChI=1S/C14H14IO/c1-11-3-5-12(6-4-11)15-13-7-9-14(16-2)10-8-13/h3-10H,1-2H3/q-1. The summed E-state index contributed by atoms with van der Waals surface area (Å²) < 4.78 is 8.02. The molecule has 1 nitrogen and oxygen atoms in total. The van der Waals surface area contributed by atoms with E-state index in [2.05, 4.69) is 43.3 Å². The van der Waals surface area contributed by atoms with Gasteiger partial charge in [-0.2, -0.15) is 0 Å². The average Bonchev–Trinajstić information content (AvgIpc) is 2.33. The number of aryl methyl sites for hydroxylation is 1. The van der Waals surface area contributed by atoms with Crippen molar-refractivity contribution in [3.05, 3.63) is 61.2 Å². The Hall–Kier alpha value is -1.03. The molecule has 0 atom stereocenters. The molecule has 2 aromatic rings. The Kier molecular flexibility index (Phi) is 3.83. The van der Waals surface area contributed by atoms with Crippen LogP contribution in [0.1, 0.15) is 5.56 Å². The third kappa shape index (κ3) is 2.98. The van der Waals surface area contributed by atoms with Crippen molar-refractivity contribution in [3.8, 4) is 5.75 Å². The fourth-order valence-corrected chi connectivity index (χ4v) is 3.51. The van der Waals surface area contributed by atoms with Crippen LogP contribution in [0.5, 0.6) is 5.75 Å². The maximum absolute atomic E-state index is 5.15. The van der Waals surface area contributed by atoms with Crippen molar-refractivity contribution in [2.45, 2.75) is 6.92 Å². The topological polar surface area (TPSA) is 9.23 Å². The number of hydrogen-bond donors (Lipinski definition) is 0. The predicted molar refractivity (Wildman–Crippen MR) is 61.6 cm³/mol. The molecular formula is C14H14IO-. The van der Waals surface area contributed by atoms with E-state index in [1.807, 2.05) is 12.1 Å². The van der Waals surface area contributed by atoms with Crippen molar-refractivity contribution >= 4 is 0 Å². The van der Waals surface area contributed by atoms with Crippen molar-refractivity contribution in [3.63, 3.8) is 0 Å². The van der Waals surface area contributed by atoms with Crippen LogP contribution in [0.25, 0.3) is 0 Å². The van der Waals surface area contributed by atoms with Gasteiger partial charge in [-0.1, -0.05) is 0 Å². The molecule has 0 aliphatic rings. The molecule has 0 amide bonds. The van der Waals surface area contributed by atoms with Gasteiger partial charge >= 0.3 is 107 Å². The quantitative estimate of drug-likeness (QED) is 0.729. The number of halogens is 1. The average molecular weight is 325 g/mol. The number of ether oxygens (including phenoxy) is 1. The summed E-state index contributed by atoms with van der Waals surface area (Å²) in [6.07, 6.45) is 0. The van der Waals surface area contributed by atoms with Crippen molar-refractivity contribution < 1.29 is 25.9 Å². The molecule has 0 bridgehead atoms. The van der Waals surface area contributed by atoms with E-state index in [0.29, 0.717) is 0 Å². The Labute approximate surface area is 107 Å². The fourth-order valence-electron chi connectivity index (χ4n) is 1.36. The molecule has 0 saturated carbocycles. The summed E-state index contributed by atoms with van der Waals surface area (Å²) >= 11 is -0.0577. The van der Waals surface area contributed by atoms with Crippen LogP contribution >= 0.6 is 0 Å². The summed E-state index contributed by atoms with van der Waals surface area (Å²) in [5, 5.41) is 0. The van der Waals surface area contributed by atoms with Crippen molar-refractivity contribution in [1.29, 1.82) is 0 Å². The third-order valence-corrected chi connectivity index (χ3v) is 4.96. The summed E-state index contributed by atoms with van der Waals surface area (Å²) in [4.78, 5) is 0. The molecule has 0 radical (unpaired) electrons. The number of hydrogen-bond acceptors (Lipinski definition) is 1. The van der Waals surface area contributed by atoms with Crippen LogP contribution in [0.3, 0.4) is 0 Å². The SMILES string of the molecule is COc1ccc([I-]c2ccc(C)cc2)cc1. The van der Waals surface area contributed by atoms with Gasteiger partial charge in [-0.3, -0.25) is 0 Å². The second-order valence-electron chi connectivity index (χ2n) is 3.55. The van der Waals surface area contributed by atoms with E-state index in [1.165, 1.54) is 12.7 Å². The Morgan fingerprint density at radius 3 is 1.81 bits per heavy atom. The van der Waals surface area contributed by atoms with Gasteiger partial charge in [0.1, 0.15) is 0 Å². The number of rotatable bonds is 3. The van der Waals surface area contributed by atoms with E-state index in [-0.39, 0.29) is 21.2 Å². The molecule has 2 heteroatoms.